The molecule has 5 nitrogen and oxygen atoms in total. The Kier molecular flexibility index (Phi) is 5.69. The summed E-state index contributed by atoms with van der Waals surface area (Å²) in [6, 6.07) is 8.93. The van der Waals surface area contributed by atoms with Gasteiger partial charge in [-0.15, -0.1) is 0 Å². The maximum atomic E-state index is 13.0. The topological polar surface area (TPSA) is 70.4 Å². The standard InChI is InChI=1S/C22H34N4O/c1-26-11-9-18(10-12-26)24-19-7-2-3-8-20(19)25-22(27)17-13-15-5-4-6-16(14-17)21(15)23/h2-3,7-8,15-18,21,24H,4-6,9-14,23H2,1H3,(H,25,27). The molecule has 4 N–H and O–H groups in total. The number of piperidine rings is 1. The van der Waals surface area contributed by atoms with Crippen molar-refractivity contribution in [3.63, 3.8) is 0 Å². The van der Waals surface area contributed by atoms with Crippen molar-refractivity contribution < 1.29 is 4.79 Å². The van der Waals surface area contributed by atoms with Crippen molar-refractivity contribution in [1.29, 1.82) is 0 Å². The number of nitrogens with zero attached hydrogens (tertiary/aromatic N) is 1. The average molecular weight is 371 g/mol. The molecule has 2 atom stereocenters. The lowest BCUT2D eigenvalue weighted by Gasteiger charge is -2.43. The maximum absolute atomic E-state index is 13.0. The number of nitrogens with two attached hydrogens (primary N) is 1. The van der Waals surface area contributed by atoms with E-state index in [2.05, 4.69) is 28.6 Å². The van der Waals surface area contributed by atoms with E-state index < -0.39 is 0 Å². The van der Waals surface area contributed by atoms with Crippen molar-refractivity contribution >= 4 is 17.3 Å². The highest BCUT2D eigenvalue weighted by atomic mass is 16.1. The zero-order valence-electron chi connectivity index (χ0n) is 16.5. The van der Waals surface area contributed by atoms with Crippen LogP contribution in [0.5, 0.6) is 0 Å². The van der Waals surface area contributed by atoms with Gasteiger partial charge in [0, 0.05) is 18.0 Å². The maximum Gasteiger partial charge on any atom is 0.227 e. The molecule has 27 heavy (non-hydrogen) atoms. The van der Waals surface area contributed by atoms with Crippen molar-refractivity contribution in [3.8, 4) is 0 Å². The molecule has 2 bridgehead atoms. The van der Waals surface area contributed by atoms with Crippen LogP contribution in [0, 0.1) is 17.8 Å². The fourth-order valence-electron chi connectivity index (χ4n) is 5.33. The Bertz CT molecular complexity index is 641. The Morgan fingerprint density at radius 1 is 1.04 bits per heavy atom. The molecule has 2 saturated carbocycles. The van der Waals surface area contributed by atoms with Gasteiger partial charge in [0.15, 0.2) is 0 Å². The van der Waals surface area contributed by atoms with E-state index in [-0.39, 0.29) is 11.8 Å². The molecule has 4 rings (SSSR count). The minimum Gasteiger partial charge on any atom is -0.381 e. The monoisotopic (exact) mass is 370 g/mol. The Balaban J connectivity index is 1.40. The van der Waals surface area contributed by atoms with E-state index in [1.807, 2.05) is 18.2 Å². The number of hydrogen-bond donors (Lipinski definition) is 3. The van der Waals surface area contributed by atoms with E-state index in [0.29, 0.717) is 23.9 Å². The number of likely N-dealkylation sites (tertiary alicyclic amines) is 1. The third kappa shape index (κ3) is 4.30. The molecule has 1 heterocycles. The summed E-state index contributed by atoms with van der Waals surface area (Å²) < 4.78 is 0. The van der Waals surface area contributed by atoms with Crippen molar-refractivity contribution in [3.05, 3.63) is 24.3 Å². The molecule has 1 aromatic rings. The number of carbonyl (C=O) groups is 1. The lowest BCUT2D eigenvalue weighted by atomic mass is 9.65. The zero-order chi connectivity index (χ0) is 18.8. The van der Waals surface area contributed by atoms with Crippen LogP contribution in [0.2, 0.25) is 0 Å². The summed E-state index contributed by atoms with van der Waals surface area (Å²) in [6.07, 6.45) is 7.85. The van der Waals surface area contributed by atoms with Gasteiger partial charge >= 0.3 is 0 Å². The second kappa shape index (κ2) is 8.19. The lowest BCUT2D eigenvalue weighted by Crippen LogP contribution is -2.48. The molecule has 0 radical (unpaired) electrons. The number of nitrogens with one attached hydrogen (secondary N) is 2. The fourth-order valence-corrected chi connectivity index (χ4v) is 5.33. The average Bonchev–Trinajstić information content (AvgIpc) is 2.65. The highest BCUT2D eigenvalue weighted by molar-refractivity contribution is 5.95. The van der Waals surface area contributed by atoms with Crippen molar-refractivity contribution in [2.75, 3.05) is 30.8 Å². The minimum absolute atomic E-state index is 0.108. The molecule has 2 unspecified atom stereocenters. The molecule has 148 valence electrons. The molecule has 1 amide bonds. The molecule has 1 aromatic carbocycles. The van der Waals surface area contributed by atoms with Gasteiger partial charge in [0.05, 0.1) is 11.4 Å². The number of rotatable bonds is 4. The number of para-hydroxylation sites is 2. The van der Waals surface area contributed by atoms with E-state index >= 15 is 0 Å². The van der Waals surface area contributed by atoms with Crippen LogP contribution in [-0.4, -0.2) is 43.0 Å². The van der Waals surface area contributed by atoms with Crippen molar-refractivity contribution in [2.45, 2.75) is 57.0 Å². The summed E-state index contributed by atoms with van der Waals surface area (Å²) in [5, 5.41) is 6.89. The van der Waals surface area contributed by atoms with Gasteiger partial charge < -0.3 is 21.3 Å². The number of hydrogen-bond acceptors (Lipinski definition) is 4. The molecular formula is C22H34N4O. The molecule has 1 aliphatic heterocycles. The van der Waals surface area contributed by atoms with Crippen molar-refractivity contribution in [2.24, 2.45) is 23.5 Å². The summed E-state index contributed by atoms with van der Waals surface area (Å²) in [7, 11) is 2.18. The molecule has 0 spiro atoms. The third-order valence-corrected chi connectivity index (χ3v) is 7.05. The van der Waals surface area contributed by atoms with Gasteiger partial charge in [-0.25, -0.2) is 0 Å². The number of benzene rings is 1. The molecule has 0 aromatic heterocycles. The summed E-state index contributed by atoms with van der Waals surface area (Å²) in [6.45, 7) is 2.24. The second-order valence-corrected chi connectivity index (χ2v) is 8.95. The van der Waals surface area contributed by atoms with Crippen LogP contribution in [-0.2, 0) is 4.79 Å². The zero-order valence-corrected chi connectivity index (χ0v) is 16.5. The third-order valence-electron chi connectivity index (χ3n) is 7.05. The second-order valence-electron chi connectivity index (χ2n) is 8.95. The molecule has 1 saturated heterocycles. The van der Waals surface area contributed by atoms with Crippen LogP contribution in [0.3, 0.4) is 0 Å². The van der Waals surface area contributed by atoms with E-state index in [4.69, 9.17) is 5.73 Å². The van der Waals surface area contributed by atoms with Gasteiger partial charge in [-0.05, 0) is 82.6 Å². The van der Waals surface area contributed by atoms with Crippen LogP contribution in [0.4, 0.5) is 11.4 Å². The quantitative estimate of drug-likeness (QED) is 0.761. The summed E-state index contributed by atoms with van der Waals surface area (Å²) in [5.41, 5.74) is 8.36. The highest BCUT2D eigenvalue weighted by Crippen LogP contribution is 2.42. The minimum atomic E-state index is 0.108. The number of anilines is 2. The van der Waals surface area contributed by atoms with Gasteiger partial charge in [-0.2, -0.15) is 0 Å². The van der Waals surface area contributed by atoms with E-state index in [1.54, 1.807) is 0 Å². The molecule has 2 aliphatic carbocycles. The first-order valence-corrected chi connectivity index (χ1v) is 10.7. The molecular weight excluding hydrogens is 336 g/mol. The first kappa shape index (κ1) is 18.8. The van der Waals surface area contributed by atoms with E-state index in [1.165, 1.54) is 19.3 Å². The van der Waals surface area contributed by atoms with Gasteiger partial charge in [0.2, 0.25) is 5.91 Å². The molecule has 3 fully saturated rings. The van der Waals surface area contributed by atoms with Gasteiger partial charge in [-0.1, -0.05) is 18.6 Å². The lowest BCUT2D eigenvalue weighted by molar-refractivity contribution is -0.122. The molecule has 5 heteroatoms. The van der Waals surface area contributed by atoms with Crippen LogP contribution in [0.1, 0.15) is 44.9 Å². The Hall–Kier alpha value is -1.59. The Morgan fingerprint density at radius 3 is 2.33 bits per heavy atom. The van der Waals surface area contributed by atoms with E-state index in [9.17, 15) is 4.79 Å². The Labute approximate surface area is 163 Å². The summed E-state index contributed by atoms with van der Waals surface area (Å²) in [5.74, 6) is 1.34. The molecule has 3 aliphatic rings. The van der Waals surface area contributed by atoms with Gasteiger partial charge in [0.1, 0.15) is 0 Å². The first-order chi connectivity index (χ1) is 13.1. The predicted octanol–water partition coefficient (Wildman–Crippen LogP) is 3.28. The van der Waals surface area contributed by atoms with E-state index in [0.717, 1.165) is 50.1 Å². The van der Waals surface area contributed by atoms with Gasteiger partial charge in [-0.3, -0.25) is 4.79 Å². The van der Waals surface area contributed by atoms with Crippen LogP contribution in [0.15, 0.2) is 24.3 Å². The number of amides is 1. The van der Waals surface area contributed by atoms with Crippen LogP contribution >= 0.6 is 0 Å². The Morgan fingerprint density at radius 2 is 1.67 bits per heavy atom. The highest BCUT2D eigenvalue weighted by Gasteiger charge is 2.40. The van der Waals surface area contributed by atoms with Crippen molar-refractivity contribution in [1.82, 2.24) is 4.90 Å². The smallest absolute Gasteiger partial charge is 0.227 e. The first-order valence-electron chi connectivity index (χ1n) is 10.7. The largest absolute Gasteiger partial charge is 0.381 e. The summed E-state index contributed by atoms with van der Waals surface area (Å²) >= 11 is 0. The number of fused-ring (bicyclic) bond motifs is 2. The number of carbonyl (C=O) groups excluding carboxylic acids is 1. The van der Waals surface area contributed by atoms with Crippen LogP contribution in [0.25, 0.3) is 0 Å². The SMILES string of the molecule is CN1CCC(Nc2ccccc2NC(=O)C2CC3CCCC(C2)C3N)CC1. The predicted molar refractivity (Wildman–Crippen MR) is 111 cm³/mol. The van der Waals surface area contributed by atoms with Gasteiger partial charge in [0.25, 0.3) is 0 Å². The fraction of sp³-hybridized carbons (Fsp3) is 0.682. The normalized spacial score (nSPS) is 32.1. The van der Waals surface area contributed by atoms with Crippen LogP contribution < -0.4 is 16.4 Å². The summed E-state index contributed by atoms with van der Waals surface area (Å²) in [4.78, 5) is 15.4.